The molecule has 2 fully saturated rings. The van der Waals surface area contributed by atoms with Crippen LogP contribution in [-0.4, -0.2) is 130 Å². The number of rotatable bonds is 7. The van der Waals surface area contributed by atoms with Gasteiger partial charge in [-0.2, -0.15) is 18.2 Å². The van der Waals surface area contributed by atoms with Crippen molar-refractivity contribution in [1.29, 1.82) is 0 Å². The second-order valence-electron chi connectivity index (χ2n) is 16.3. The zero-order valence-corrected chi connectivity index (χ0v) is 43.3. The third-order valence-corrected chi connectivity index (χ3v) is 16.5. The Hall–Kier alpha value is -4.84. The number of aliphatic hydroxyl groups excluding tert-OH is 3. The first-order valence-electron chi connectivity index (χ1n) is 21.2. The Morgan fingerprint density at radius 2 is 1.09 bits per heavy atom. The third-order valence-electron chi connectivity index (χ3n) is 11.7. The van der Waals surface area contributed by atoms with Crippen molar-refractivity contribution in [1.82, 2.24) is 15.1 Å². The van der Waals surface area contributed by atoms with Crippen LogP contribution in [0.3, 0.4) is 0 Å². The van der Waals surface area contributed by atoms with Crippen LogP contribution >= 0.6 is 0 Å². The number of ether oxygens (including phenoxy) is 2. The molecular weight excluding hydrogens is 1010 g/mol. The topological polar surface area (TPSA) is 227 Å². The SMILES string of the molecule is CN1c2cc[c-]cc2C(O)=CS1(=O)=O.CN1c2ccc(CN3CCOCC3)cc2C(O)=CS1(=O)=O.Cc1ccc(CNC(=O)C2=C(O)c3cc(CN4CCOCC4)ccc3N(C)S2(=O)=O)cc1.[Y]. The monoisotopic (exact) mass is 1070 g/mol. The number of aryl methyl sites for hydroxylation is 1. The summed E-state index contributed by atoms with van der Waals surface area (Å²) in [5.74, 6) is -1.80. The zero-order valence-electron chi connectivity index (χ0n) is 38.0. The third kappa shape index (κ3) is 11.8. The molecule has 5 heterocycles. The number of hydrogen-bond acceptors (Lipinski definition) is 14. The minimum Gasteiger partial charge on any atom is -0.519 e. The van der Waals surface area contributed by atoms with Crippen LogP contribution in [0.5, 0.6) is 0 Å². The van der Waals surface area contributed by atoms with Crippen molar-refractivity contribution in [2.45, 2.75) is 26.6 Å². The summed E-state index contributed by atoms with van der Waals surface area (Å²) >= 11 is 0. The Kier molecular flexibility index (Phi) is 16.9. The van der Waals surface area contributed by atoms with Crippen LogP contribution in [0.15, 0.2) is 94.6 Å². The first-order valence-corrected chi connectivity index (χ1v) is 25.6. The zero-order chi connectivity index (χ0) is 48.3. The quantitative estimate of drug-likeness (QED) is 0.188. The Balaban J connectivity index is 0.000000181. The van der Waals surface area contributed by atoms with E-state index in [1.807, 2.05) is 49.4 Å². The van der Waals surface area contributed by atoms with Crippen LogP contribution in [-0.2, 0) is 96.7 Å². The van der Waals surface area contributed by atoms with E-state index in [2.05, 4.69) is 21.2 Å². The molecule has 68 heavy (non-hydrogen) atoms. The van der Waals surface area contributed by atoms with E-state index in [0.29, 0.717) is 53.5 Å². The molecule has 0 bridgehead atoms. The van der Waals surface area contributed by atoms with Crippen molar-refractivity contribution in [3.63, 3.8) is 0 Å². The minimum absolute atomic E-state index is 0. The van der Waals surface area contributed by atoms with Gasteiger partial charge in [-0.1, -0.05) is 47.5 Å². The normalized spacial score (nSPS) is 19.2. The van der Waals surface area contributed by atoms with E-state index in [9.17, 15) is 45.4 Å². The molecule has 18 nitrogen and oxygen atoms in total. The number of anilines is 3. The molecule has 0 aromatic heterocycles. The van der Waals surface area contributed by atoms with Gasteiger partial charge in [0.1, 0.15) is 5.76 Å². The van der Waals surface area contributed by atoms with Gasteiger partial charge in [0.2, 0.25) is 0 Å². The van der Waals surface area contributed by atoms with Crippen LogP contribution in [0.4, 0.5) is 17.1 Å². The Morgan fingerprint density at radius 1 is 0.632 bits per heavy atom. The van der Waals surface area contributed by atoms with Crippen molar-refractivity contribution >= 4 is 70.3 Å². The van der Waals surface area contributed by atoms with Gasteiger partial charge in [0.05, 0.1) is 54.4 Å². The maximum absolute atomic E-state index is 13.0. The van der Waals surface area contributed by atoms with Crippen LogP contribution in [0, 0.1) is 13.0 Å². The summed E-state index contributed by atoms with van der Waals surface area (Å²) in [5, 5.41) is 34.7. The van der Waals surface area contributed by atoms with E-state index in [4.69, 9.17) is 9.47 Å². The van der Waals surface area contributed by atoms with Crippen molar-refractivity contribution in [3.05, 3.63) is 140 Å². The molecule has 5 aliphatic heterocycles. The largest absolute Gasteiger partial charge is 0.519 e. The minimum atomic E-state index is -4.19. The summed E-state index contributed by atoms with van der Waals surface area (Å²) < 4.78 is 86.6. The number of nitrogens with one attached hydrogen (secondary N) is 1. The summed E-state index contributed by atoms with van der Waals surface area (Å²) in [6.45, 7) is 9.70. The molecule has 0 saturated carbocycles. The van der Waals surface area contributed by atoms with E-state index >= 15 is 0 Å². The number of carbonyl (C=O) groups excluding carboxylic acids is 1. The fourth-order valence-electron chi connectivity index (χ4n) is 7.79. The molecule has 2 saturated heterocycles. The van der Waals surface area contributed by atoms with Crippen molar-refractivity contribution in [2.24, 2.45) is 0 Å². The van der Waals surface area contributed by atoms with Crippen molar-refractivity contribution in [3.8, 4) is 0 Å². The number of aliphatic hydroxyl groups is 3. The average Bonchev–Trinajstić information content (AvgIpc) is 3.30. The number of amides is 1. The Labute approximate surface area is 422 Å². The van der Waals surface area contributed by atoms with E-state index in [-0.39, 0.29) is 50.8 Å². The summed E-state index contributed by atoms with van der Waals surface area (Å²) in [6.07, 6.45) is 0. The van der Waals surface area contributed by atoms with Crippen molar-refractivity contribution in [2.75, 3.05) is 86.7 Å². The molecule has 361 valence electrons. The van der Waals surface area contributed by atoms with Gasteiger partial charge in [-0.25, -0.2) is 25.3 Å². The number of hydrogen-bond donors (Lipinski definition) is 4. The van der Waals surface area contributed by atoms with Gasteiger partial charge in [-0.05, 0) is 53.6 Å². The molecule has 0 atom stereocenters. The fourth-order valence-corrected chi connectivity index (χ4v) is 11.1. The maximum Gasteiger partial charge on any atom is 0.273 e. The molecule has 1 amide bonds. The number of benzene rings is 4. The van der Waals surface area contributed by atoms with Crippen molar-refractivity contribution < 1.29 is 87.6 Å². The first-order chi connectivity index (χ1) is 31.8. The molecular formula is C46H53N6O12S3Y-. The van der Waals surface area contributed by atoms with Gasteiger partial charge in [-0.15, -0.1) is 6.07 Å². The van der Waals surface area contributed by atoms with Gasteiger partial charge in [0.15, 0.2) is 10.7 Å². The van der Waals surface area contributed by atoms with Gasteiger partial charge in [-0.3, -0.25) is 27.5 Å². The number of nitrogens with zero attached hydrogens (tertiary/aromatic N) is 5. The fraction of sp³-hybridized carbons (Fsp3) is 0.326. The molecule has 22 heteroatoms. The predicted octanol–water partition coefficient (Wildman–Crippen LogP) is 4.42. The Bertz CT molecular complexity index is 2950. The van der Waals surface area contributed by atoms with Crippen LogP contribution in [0.2, 0.25) is 0 Å². The van der Waals surface area contributed by atoms with E-state index in [1.54, 1.807) is 36.4 Å². The molecule has 4 N–H and O–H groups in total. The van der Waals surface area contributed by atoms with E-state index in [1.165, 1.54) is 25.4 Å². The number of sulfonamides is 3. The molecule has 1 radical (unpaired) electrons. The van der Waals surface area contributed by atoms with Gasteiger partial charge in [0, 0.05) is 111 Å². The number of carbonyl (C=O) groups is 1. The van der Waals surface area contributed by atoms with Gasteiger partial charge < -0.3 is 30.1 Å². The molecule has 0 aliphatic carbocycles. The average molecular weight is 1070 g/mol. The number of morpholine rings is 2. The summed E-state index contributed by atoms with van der Waals surface area (Å²) in [7, 11) is -6.97. The summed E-state index contributed by atoms with van der Waals surface area (Å²) in [4.78, 5) is 16.7. The smallest absolute Gasteiger partial charge is 0.273 e. The molecule has 0 unspecified atom stereocenters. The van der Waals surface area contributed by atoms with E-state index < -0.39 is 46.6 Å². The second kappa shape index (κ2) is 21.9. The van der Waals surface area contributed by atoms with Crippen LogP contribution in [0.1, 0.15) is 38.9 Å². The second-order valence-corrected chi connectivity index (χ2v) is 21.8. The Morgan fingerprint density at radius 3 is 1.62 bits per heavy atom. The molecule has 0 spiro atoms. The standard InChI is InChI=1S/C23H27N3O5S.C14H18N2O4S.C9H8NO3S.Y/c1-16-3-5-17(6-4-16)14-24-23(28)22-21(27)19-13-18(15-26-9-11-31-12-10-26)7-8-20(19)25(2)32(22,29)30;1-15-13-3-2-11(9-16-4-6-20-7-5-16)8-12(13)14(17)10-21(15,18)19;1-10-8-5-3-2-4-7(8)9(11)6-14(10,12)13;/h3-8,13,27H,9-12,14-15H2,1-2H3,(H,24,28);2-3,8,10,17H,4-7,9H2,1H3;3-6,11H,1H3;/q;;-1;. The summed E-state index contributed by atoms with van der Waals surface area (Å²) in [6, 6.07) is 25.8. The van der Waals surface area contributed by atoms with Crippen LogP contribution < -0.4 is 18.2 Å². The summed E-state index contributed by atoms with van der Waals surface area (Å²) in [5.41, 5.74) is 6.54. The van der Waals surface area contributed by atoms with E-state index in [0.717, 1.165) is 87.6 Å². The molecule has 9 rings (SSSR count). The predicted molar refractivity (Wildman–Crippen MR) is 256 cm³/mol. The molecule has 4 aromatic rings. The maximum atomic E-state index is 13.0. The van der Waals surface area contributed by atoms with Gasteiger partial charge >= 0.3 is 0 Å². The number of fused-ring (bicyclic) bond motifs is 3. The van der Waals surface area contributed by atoms with Crippen LogP contribution in [0.25, 0.3) is 17.3 Å². The molecule has 5 aliphatic rings. The molecule has 4 aromatic carbocycles. The van der Waals surface area contributed by atoms with Gasteiger partial charge in [0.25, 0.3) is 36.0 Å². The first kappa shape index (κ1) is 52.5.